The van der Waals surface area contributed by atoms with E-state index in [2.05, 4.69) is 187 Å². The van der Waals surface area contributed by atoms with Gasteiger partial charge in [-0.25, -0.2) is 0 Å². The van der Waals surface area contributed by atoms with Crippen molar-refractivity contribution in [1.82, 2.24) is 4.57 Å². The van der Waals surface area contributed by atoms with Gasteiger partial charge in [0.15, 0.2) is 0 Å². The Morgan fingerprint density at radius 2 is 1.21 bits per heavy atom. The Balaban J connectivity index is 1.20. The maximum atomic E-state index is 6.67. The first-order valence-corrected chi connectivity index (χ1v) is 18.0. The molecule has 0 radical (unpaired) electrons. The molecular weight excluding hydrogens is 633 g/mol. The van der Waals surface area contributed by atoms with Crippen molar-refractivity contribution in [3.8, 4) is 16.8 Å². The molecular formula is C49H34N2O. The second-order valence-corrected chi connectivity index (χ2v) is 14.5. The molecule has 11 rings (SSSR count). The van der Waals surface area contributed by atoms with Crippen molar-refractivity contribution >= 4 is 71.6 Å². The molecule has 0 bridgehead atoms. The van der Waals surface area contributed by atoms with Crippen LogP contribution in [0.2, 0.25) is 0 Å². The molecule has 3 heteroatoms. The second kappa shape index (κ2) is 10.7. The largest absolute Gasteiger partial charge is 0.455 e. The average molecular weight is 667 g/mol. The normalized spacial score (nSPS) is 13.3. The van der Waals surface area contributed by atoms with Crippen molar-refractivity contribution in [2.24, 2.45) is 0 Å². The third-order valence-corrected chi connectivity index (χ3v) is 11.4. The molecule has 0 atom stereocenters. The first-order chi connectivity index (χ1) is 25.6. The maximum absolute atomic E-state index is 6.67. The van der Waals surface area contributed by atoms with Crippen LogP contribution >= 0.6 is 0 Å². The molecule has 1 aliphatic rings. The van der Waals surface area contributed by atoms with Crippen LogP contribution in [0.5, 0.6) is 0 Å². The smallest absolute Gasteiger partial charge is 0.143 e. The summed E-state index contributed by atoms with van der Waals surface area (Å²) in [6, 6.07) is 61.6. The molecule has 1 aliphatic carbocycles. The van der Waals surface area contributed by atoms with E-state index in [0.717, 1.165) is 61.1 Å². The summed E-state index contributed by atoms with van der Waals surface area (Å²) < 4.78 is 9.12. The van der Waals surface area contributed by atoms with Crippen LogP contribution in [-0.4, -0.2) is 4.57 Å². The number of benzene rings is 8. The predicted molar refractivity (Wildman–Crippen MR) is 218 cm³/mol. The number of hydrogen-bond acceptors (Lipinski definition) is 2. The molecule has 52 heavy (non-hydrogen) atoms. The molecule has 0 spiro atoms. The van der Waals surface area contributed by atoms with E-state index in [1.165, 1.54) is 38.4 Å². The topological polar surface area (TPSA) is 21.3 Å². The quantitative estimate of drug-likeness (QED) is 0.186. The van der Waals surface area contributed by atoms with Crippen molar-refractivity contribution in [2.75, 3.05) is 4.90 Å². The van der Waals surface area contributed by atoms with E-state index in [1.54, 1.807) is 0 Å². The van der Waals surface area contributed by atoms with Gasteiger partial charge in [-0.2, -0.15) is 0 Å². The number of fused-ring (bicyclic) bond motifs is 12. The average Bonchev–Trinajstić information content (AvgIpc) is 3.81. The summed E-state index contributed by atoms with van der Waals surface area (Å²) >= 11 is 0. The first-order valence-electron chi connectivity index (χ1n) is 18.0. The van der Waals surface area contributed by atoms with Crippen LogP contribution in [0.25, 0.3) is 71.3 Å². The molecule has 2 heterocycles. The zero-order valence-corrected chi connectivity index (χ0v) is 29.0. The summed E-state index contributed by atoms with van der Waals surface area (Å²) in [5, 5.41) is 7.02. The van der Waals surface area contributed by atoms with E-state index in [0.29, 0.717) is 0 Å². The molecule has 0 saturated heterocycles. The molecule has 0 saturated carbocycles. The standard InChI is InChI=1S/C49H34N2O/c1-49(2)39-19-9-6-16-34(39)35-28-26-33(30-40(35)49)50(32-14-4-3-5-15-32)42-21-11-12-22-43(42)51-41-20-10-7-18-38(41)47-44(51)29-25-31-24-27-37-36-17-8-13-23-45(36)52-48(37)46(31)47/h3-30H,1-2H3. The van der Waals surface area contributed by atoms with Crippen molar-refractivity contribution in [1.29, 1.82) is 0 Å². The van der Waals surface area contributed by atoms with Crippen LogP contribution in [0.4, 0.5) is 17.1 Å². The highest BCUT2D eigenvalue weighted by molar-refractivity contribution is 6.29. The van der Waals surface area contributed by atoms with Crippen LogP contribution in [0.1, 0.15) is 25.0 Å². The summed E-state index contributed by atoms with van der Waals surface area (Å²) in [5.74, 6) is 0. The van der Waals surface area contributed by atoms with Crippen LogP contribution < -0.4 is 4.90 Å². The molecule has 246 valence electrons. The zero-order chi connectivity index (χ0) is 34.6. The highest BCUT2D eigenvalue weighted by atomic mass is 16.3. The summed E-state index contributed by atoms with van der Waals surface area (Å²) in [6.07, 6.45) is 0. The Morgan fingerprint density at radius 1 is 0.500 bits per heavy atom. The summed E-state index contributed by atoms with van der Waals surface area (Å²) in [6.45, 7) is 4.70. The third-order valence-electron chi connectivity index (χ3n) is 11.4. The van der Waals surface area contributed by atoms with Gasteiger partial charge in [0.1, 0.15) is 11.2 Å². The van der Waals surface area contributed by atoms with Gasteiger partial charge in [-0.05, 0) is 88.3 Å². The van der Waals surface area contributed by atoms with Gasteiger partial charge in [0.2, 0.25) is 0 Å². The fraction of sp³-hybridized carbons (Fsp3) is 0.0612. The Morgan fingerprint density at radius 3 is 2.12 bits per heavy atom. The number of anilines is 3. The Kier molecular flexibility index (Phi) is 6.01. The number of furan rings is 1. The highest BCUT2D eigenvalue weighted by Gasteiger charge is 2.36. The van der Waals surface area contributed by atoms with Crippen LogP contribution in [-0.2, 0) is 5.41 Å². The fourth-order valence-corrected chi connectivity index (χ4v) is 8.99. The van der Waals surface area contributed by atoms with E-state index in [4.69, 9.17) is 4.42 Å². The van der Waals surface area contributed by atoms with Crippen molar-refractivity contribution < 1.29 is 4.42 Å². The Labute approximate surface area is 301 Å². The van der Waals surface area contributed by atoms with Crippen molar-refractivity contribution in [3.05, 3.63) is 181 Å². The number of hydrogen-bond donors (Lipinski definition) is 0. The van der Waals surface area contributed by atoms with Crippen molar-refractivity contribution in [3.63, 3.8) is 0 Å². The molecule has 8 aromatic carbocycles. The van der Waals surface area contributed by atoms with Crippen LogP contribution in [0.15, 0.2) is 174 Å². The summed E-state index contributed by atoms with van der Waals surface area (Å²) in [4.78, 5) is 2.42. The van der Waals surface area contributed by atoms with Gasteiger partial charge < -0.3 is 13.9 Å². The Bertz CT molecular complexity index is 3050. The SMILES string of the molecule is CC1(C)c2ccccc2-c2ccc(N(c3ccccc3)c3ccccc3-n3c4ccccc4c4c5c(ccc6c7ccccc7oc65)ccc43)cc21. The predicted octanol–water partition coefficient (Wildman–Crippen LogP) is 13.6. The fourth-order valence-electron chi connectivity index (χ4n) is 8.99. The minimum absolute atomic E-state index is 0.111. The number of nitrogens with zero attached hydrogens (tertiary/aromatic N) is 2. The van der Waals surface area contributed by atoms with Crippen LogP contribution in [0, 0.1) is 0 Å². The summed E-state index contributed by atoms with van der Waals surface area (Å²) in [7, 11) is 0. The molecule has 0 aliphatic heterocycles. The molecule has 0 amide bonds. The van der Waals surface area contributed by atoms with Crippen molar-refractivity contribution in [2.45, 2.75) is 19.3 Å². The molecule has 0 fully saturated rings. The lowest BCUT2D eigenvalue weighted by molar-refractivity contribution is 0.660. The van der Waals surface area contributed by atoms with E-state index < -0.39 is 0 Å². The first kappa shape index (κ1) is 29.2. The highest BCUT2D eigenvalue weighted by Crippen LogP contribution is 2.51. The number of aromatic nitrogens is 1. The van der Waals surface area contributed by atoms with E-state index in [9.17, 15) is 0 Å². The minimum atomic E-state index is -0.111. The molecule has 0 N–H and O–H groups in total. The van der Waals surface area contributed by atoms with E-state index in [-0.39, 0.29) is 5.41 Å². The van der Waals surface area contributed by atoms with E-state index >= 15 is 0 Å². The lowest BCUT2D eigenvalue weighted by Crippen LogP contribution is -2.17. The maximum Gasteiger partial charge on any atom is 0.143 e. The molecule has 3 nitrogen and oxygen atoms in total. The van der Waals surface area contributed by atoms with Gasteiger partial charge in [0, 0.05) is 43.7 Å². The lowest BCUT2D eigenvalue weighted by Gasteiger charge is -2.30. The second-order valence-electron chi connectivity index (χ2n) is 14.5. The molecule has 0 unspecified atom stereocenters. The van der Waals surface area contributed by atoms with Gasteiger partial charge >= 0.3 is 0 Å². The van der Waals surface area contributed by atoms with Gasteiger partial charge in [0.25, 0.3) is 0 Å². The molecule has 2 aromatic heterocycles. The number of para-hydroxylation sites is 5. The monoisotopic (exact) mass is 666 g/mol. The zero-order valence-electron chi connectivity index (χ0n) is 29.0. The lowest BCUT2D eigenvalue weighted by atomic mass is 9.82. The van der Waals surface area contributed by atoms with Gasteiger partial charge in [-0.1, -0.05) is 123 Å². The number of rotatable bonds is 4. The molecule has 10 aromatic rings. The van der Waals surface area contributed by atoms with Crippen LogP contribution in [0.3, 0.4) is 0 Å². The van der Waals surface area contributed by atoms with Gasteiger partial charge in [0.05, 0.1) is 22.4 Å². The summed E-state index contributed by atoms with van der Waals surface area (Å²) in [5.41, 5.74) is 13.9. The van der Waals surface area contributed by atoms with Gasteiger partial charge in [-0.3, -0.25) is 0 Å². The Hall–Kier alpha value is -6.58. The third kappa shape index (κ3) is 3.96. The van der Waals surface area contributed by atoms with Gasteiger partial charge in [-0.15, -0.1) is 0 Å². The minimum Gasteiger partial charge on any atom is -0.455 e. The van der Waals surface area contributed by atoms with E-state index in [1.807, 2.05) is 6.07 Å².